The Hall–Kier alpha value is -2.90. The van der Waals surface area contributed by atoms with Crippen molar-refractivity contribution < 1.29 is 9.47 Å². The molecular formula is C13H15N5O3. The van der Waals surface area contributed by atoms with Gasteiger partial charge in [-0.2, -0.15) is 5.10 Å². The zero-order valence-electron chi connectivity index (χ0n) is 11.7. The minimum Gasteiger partial charge on any atom is -0.493 e. The van der Waals surface area contributed by atoms with Crippen LogP contribution in [0, 0.1) is 0 Å². The van der Waals surface area contributed by atoms with Gasteiger partial charge in [-0.1, -0.05) is 0 Å². The lowest BCUT2D eigenvalue weighted by Crippen LogP contribution is -2.10. The lowest BCUT2D eigenvalue weighted by molar-refractivity contribution is 0.311. The minimum absolute atomic E-state index is 0.164. The second kappa shape index (κ2) is 7.04. The van der Waals surface area contributed by atoms with Gasteiger partial charge in [0.05, 0.1) is 19.9 Å². The average Bonchev–Trinajstić information content (AvgIpc) is 2.49. The van der Waals surface area contributed by atoms with Gasteiger partial charge in [-0.15, -0.1) is 10.2 Å². The second-order valence-corrected chi connectivity index (χ2v) is 3.90. The molecule has 1 aromatic carbocycles. The molecule has 0 atom stereocenters. The van der Waals surface area contributed by atoms with E-state index in [-0.39, 0.29) is 11.5 Å². The third-order valence-corrected chi connectivity index (χ3v) is 2.45. The fourth-order valence-electron chi connectivity index (χ4n) is 1.57. The first-order valence-electron chi connectivity index (χ1n) is 6.25. The summed E-state index contributed by atoms with van der Waals surface area (Å²) in [6, 6.07) is 5.42. The Bertz CT molecular complexity index is 684. The normalized spacial score (nSPS) is 10.6. The molecule has 1 heterocycles. The highest BCUT2D eigenvalue weighted by Crippen LogP contribution is 2.27. The third-order valence-electron chi connectivity index (χ3n) is 2.45. The molecule has 0 saturated heterocycles. The molecule has 0 bridgehead atoms. The highest BCUT2D eigenvalue weighted by Gasteiger charge is 2.03. The molecule has 0 fully saturated rings. The van der Waals surface area contributed by atoms with Gasteiger partial charge in [0.15, 0.2) is 11.5 Å². The van der Waals surface area contributed by atoms with Crippen molar-refractivity contribution in [3.63, 3.8) is 0 Å². The number of aromatic nitrogens is 3. The number of hydrogen-bond acceptors (Lipinski definition) is 7. The maximum Gasteiger partial charge on any atom is 0.271 e. The van der Waals surface area contributed by atoms with Crippen LogP contribution in [0.4, 0.5) is 5.95 Å². The summed E-state index contributed by atoms with van der Waals surface area (Å²) in [6.45, 7) is 2.46. The quantitative estimate of drug-likeness (QED) is 0.608. The Morgan fingerprint density at radius 1 is 1.43 bits per heavy atom. The van der Waals surface area contributed by atoms with Gasteiger partial charge in [0.2, 0.25) is 5.95 Å². The minimum atomic E-state index is -0.356. The van der Waals surface area contributed by atoms with Crippen molar-refractivity contribution in [2.75, 3.05) is 19.1 Å². The summed E-state index contributed by atoms with van der Waals surface area (Å²) in [4.78, 5) is 13.5. The summed E-state index contributed by atoms with van der Waals surface area (Å²) in [5.41, 5.74) is 3.02. The maximum absolute atomic E-state index is 11.0. The summed E-state index contributed by atoms with van der Waals surface area (Å²) in [6.07, 6.45) is 2.64. The smallest absolute Gasteiger partial charge is 0.271 e. The highest BCUT2D eigenvalue weighted by atomic mass is 16.5. The molecular weight excluding hydrogens is 274 g/mol. The van der Waals surface area contributed by atoms with E-state index in [2.05, 4.69) is 25.7 Å². The number of hydrogen-bond donors (Lipinski definition) is 2. The molecule has 1 aromatic heterocycles. The molecule has 0 aliphatic rings. The SMILES string of the molecule is CCOc1ccc(/C=N/Nc2nncc(=O)[nH]2)cc1OC. The first-order valence-corrected chi connectivity index (χ1v) is 6.25. The van der Waals surface area contributed by atoms with E-state index in [1.807, 2.05) is 13.0 Å². The van der Waals surface area contributed by atoms with E-state index in [4.69, 9.17) is 9.47 Å². The molecule has 0 amide bonds. The van der Waals surface area contributed by atoms with Crippen LogP contribution < -0.4 is 20.5 Å². The monoisotopic (exact) mass is 289 g/mol. The van der Waals surface area contributed by atoms with Crippen molar-refractivity contribution in [1.82, 2.24) is 15.2 Å². The molecule has 110 valence electrons. The van der Waals surface area contributed by atoms with Gasteiger partial charge in [-0.3, -0.25) is 9.78 Å². The number of rotatable bonds is 6. The van der Waals surface area contributed by atoms with E-state index in [9.17, 15) is 4.79 Å². The molecule has 0 aliphatic carbocycles. The molecule has 8 nitrogen and oxygen atoms in total. The standard InChI is InChI=1S/C13H15N5O3/c1-3-21-10-5-4-9(6-11(10)20-2)7-14-17-13-16-12(19)8-15-18-13/h4-8H,3H2,1-2H3,(H2,16,17,18,19)/b14-7+. The van der Waals surface area contributed by atoms with Crippen LogP contribution in [0.1, 0.15) is 12.5 Å². The number of aromatic amines is 1. The molecule has 0 spiro atoms. The van der Waals surface area contributed by atoms with Crippen molar-refractivity contribution in [2.45, 2.75) is 6.92 Å². The summed E-state index contributed by atoms with van der Waals surface area (Å²) in [5.74, 6) is 1.45. The Balaban J connectivity index is 2.08. The van der Waals surface area contributed by atoms with Crippen LogP contribution in [0.5, 0.6) is 11.5 Å². The fourth-order valence-corrected chi connectivity index (χ4v) is 1.57. The van der Waals surface area contributed by atoms with E-state index >= 15 is 0 Å². The molecule has 0 radical (unpaired) electrons. The summed E-state index contributed by atoms with van der Waals surface area (Å²) in [7, 11) is 1.57. The second-order valence-electron chi connectivity index (χ2n) is 3.90. The number of nitrogens with one attached hydrogen (secondary N) is 2. The molecule has 0 saturated carbocycles. The number of methoxy groups -OCH3 is 1. The van der Waals surface area contributed by atoms with Crippen molar-refractivity contribution in [3.05, 3.63) is 40.3 Å². The van der Waals surface area contributed by atoms with Gasteiger partial charge in [0.25, 0.3) is 5.56 Å². The van der Waals surface area contributed by atoms with Crippen LogP contribution in [0.3, 0.4) is 0 Å². The molecule has 2 rings (SSSR count). The number of benzene rings is 1. The fraction of sp³-hybridized carbons (Fsp3) is 0.231. The first-order chi connectivity index (χ1) is 10.2. The Labute approximate surface area is 120 Å². The number of H-pyrrole nitrogens is 1. The highest BCUT2D eigenvalue weighted by molar-refractivity contribution is 5.81. The predicted molar refractivity (Wildman–Crippen MR) is 78.0 cm³/mol. The van der Waals surface area contributed by atoms with Gasteiger partial charge in [-0.25, -0.2) is 5.43 Å². The van der Waals surface area contributed by atoms with E-state index in [1.54, 1.807) is 25.5 Å². The van der Waals surface area contributed by atoms with E-state index in [1.165, 1.54) is 0 Å². The molecule has 21 heavy (non-hydrogen) atoms. The summed E-state index contributed by atoms with van der Waals surface area (Å²) < 4.78 is 10.7. The van der Waals surface area contributed by atoms with Gasteiger partial charge in [-0.05, 0) is 30.7 Å². The van der Waals surface area contributed by atoms with Crippen LogP contribution >= 0.6 is 0 Å². The van der Waals surface area contributed by atoms with Gasteiger partial charge in [0, 0.05) is 0 Å². The number of ether oxygens (including phenoxy) is 2. The number of nitrogens with zero attached hydrogens (tertiary/aromatic N) is 3. The van der Waals surface area contributed by atoms with Crippen molar-refractivity contribution in [3.8, 4) is 11.5 Å². The van der Waals surface area contributed by atoms with Crippen molar-refractivity contribution in [1.29, 1.82) is 0 Å². The summed E-state index contributed by atoms with van der Waals surface area (Å²) in [5, 5.41) is 11.1. The van der Waals surface area contributed by atoms with Crippen LogP contribution in [0.15, 0.2) is 34.3 Å². The molecule has 2 aromatic rings. The Kier molecular flexibility index (Phi) is 4.86. The zero-order chi connectivity index (χ0) is 15.1. The lowest BCUT2D eigenvalue weighted by atomic mass is 10.2. The van der Waals surface area contributed by atoms with E-state index < -0.39 is 0 Å². The van der Waals surface area contributed by atoms with Crippen molar-refractivity contribution in [2.24, 2.45) is 5.10 Å². The molecule has 0 unspecified atom stereocenters. The Morgan fingerprint density at radius 3 is 3.00 bits per heavy atom. The molecule has 0 aliphatic heterocycles. The lowest BCUT2D eigenvalue weighted by Gasteiger charge is -2.09. The number of hydrazone groups is 1. The van der Waals surface area contributed by atoms with E-state index in [0.717, 1.165) is 11.8 Å². The van der Waals surface area contributed by atoms with Crippen LogP contribution in [-0.2, 0) is 0 Å². The van der Waals surface area contributed by atoms with Crippen LogP contribution in [-0.4, -0.2) is 35.1 Å². The summed E-state index contributed by atoms with van der Waals surface area (Å²) >= 11 is 0. The average molecular weight is 289 g/mol. The van der Waals surface area contributed by atoms with Crippen LogP contribution in [0.2, 0.25) is 0 Å². The maximum atomic E-state index is 11.0. The first kappa shape index (κ1) is 14.5. The zero-order valence-corrected chi connectivity index (χ0v) is 11.7. The number of anilines is 1. The van der Waals surface area contributed by atoms with Gasteiger partial charge < -0.3 is 9.47 Å². The van der Waals surface area contributed by atoms with E-state index in [0.29, 0.717) is 18.1 Å². The topological polar surface area (TPSA) is 101 Å². The molecule has 2 N–H and O–H groups in total. The molecule has 8 heteroatoms. The Morgan fingerprint density at radius 2 is 2.29 bits per heavy atom. The third kappa shape index (κ3) is 4.03. The van der Waals surface area contributed by atoms with Crippen molar-refractivity contribution >= 4 is 12.2 Å². The van der Waals surface area contributed by atoms with Gasteiger partial charge >= 0.3 is 0 Å². The van der Waals surface area contributed by atoms with Crippen LogP contribution in [0.25, 0.3) is 0 Å². The predicted octanol–water partition coefficient (Wildman–Crippen LogP) is 1.02. The largest absolute Gasteiger partial charge is 0.493 e. The van der Waals surface area contributed by atoms with Gasteiger partial charge in [0.1, 0.15) is 6.20 Å².